The number of benzene rings is 1. The molecule has 0 aliphatic carbocycles. The van der Waals surface area contributed by atoms with Crippen LogP contribution in [0.25, 0.3) is 11.3 Å². The first-order valence-electron chi connectivity index (χ1n) is 6.97. The number of aromatic carboxylic acids is 1. The summed E-state index contributed by atoms with van der Waals surface area (Å²) in [5.41, 5.74) is 2.85. The molecular formula is C15H18N4O2. The second kappa shape index (κ2) is 5.57. The molecule has 21 heavy (non-hydrogen) atoms. The number of nitrogens with zero attached hydrogens (tertiary/aromatic N) is 3. The zero-order chi connectivity index (χ0) is 14.8. The Bertz CT molecular complexity index is 645. The van der Waals surface area contributed by atoms with E-state index in [0.717, 1.165) is 37.4 Å². The Morgan fingerprint density at radius 1 is 1.24 bits per heavy atom. The molecule has 2 aromatic rings. The minimum atomic E-state index is -0.995. The molecule has 1 fully saturated rings. The third kappa shape index (κ3) is 2.75. The summed E-state index contributed by atoms with van der Waals surface area (Å²) >= 11 is 0. The van der Waals surface area contributed by atoms with Crippen LogP contribution in [0.5, 0.6) is 0 Å². The molecule has 110 valence electrons. The Morgan fingerprint density at radius 3 is 2.62 bits per heavy atom. The number of rotatable bonds is 3. The third-order valence-corrected chi connectivity index (χ3v) is 3.83. The fourth-order valence-corrected chi connectivity index (χ4v) is 2.58. The van der Waals surface area contributed by atoms with E-state index in [0.29, 0.717) is 5.69 Å². The molecule has 6 heteroatoms. The second-order valence-corrected chi connectivity index (χ2v) is 5.28. The van der Waals surface area contributed by atoms with Crippen LogP contribution in [0.3, 0.4) is 0 Å². The van der Waals surface area contributed by atoms with E-state index in [2.05, 4.69) is 33.1 Å². The molecule has 1 aliphatic heterocycles. The summed E-state index contributed by atoms with van der Waals surface area (Å²) in [7, 11) is 2.12. The number of anilines is 1. The van der Waals surface area contributed by atoms with Crippen molar-refractivity contribution in [3.05, 3.63) is 36.0 Å². The Hall–Kier alpha value is -2.34. The summed E-state index contributed by atoms with van der Waals surface area (Å²) in [4.78, 5) is 15.6. The number of carbonyl (C=O) groups is 1. The minimum Gasteiger partial charge on any atom is -0.477 e. The van der Waals surface area contributed by atoms with Crippen LogP contribution in [0.1, 0.15) is 10.5 Å². The molecular weight excluding hydrogens is 268 g/mol. The lowest BCUT2D eigenvalue weighted by molar-refractivity contribution is 0.0690. The maximum absolute atomic E-state index is 11.0. The van der Waals surface area contributed by atoms with Crippen LogP contribution in [-0.2, 0) is 0 Å². The normalized spacial score (nSPS) is 16.1. The number of likely N-dealkylation sites (N-methyl/N-ethyl adjacent to an activating group) is 1. The molecule has 0 unspecified atom stereocenters. The van der Waals surface area contributed by atoms with E-state index in [1.54, 1.807) is 6.07 Å². The highest BCUT2D eigenvalue weighted by Gasteiger charge is 2.19. The zero-order valence-corrected chi connectivity index (χ0v) is 11.9. The van der Waals surface area contributed by atoms with Crippen molar-refractivity contribution >= 4 is 11.7 Å². The smallest absolute Gasteiger partial charge is 0.353 e. The monoisotopic (exact) mass is 286 g/mol. The molecule has 0 amide bonds. The molecule has 1 saturated heterocycles. The number of piperazine rings is 1. The van der Waals surface area contributed by atoms with Crippen LogP contribution in [0.15, 0.2) is 30.3 Å². The number of aromatic amines is 1. The molecule has 1 aromatic heterocycles. The van der Waals surface area contributed by atoms with Gasteiger partial charge in [-0.2, -0.15) is 5.10 Å². The number of hydrogen-bond donors (Lipinski definition) is 2. The van der Waals surface area contributed by atoms with Crippen molar-refractivity contribution in [3.8, 4) is 11.3 Å². The Balaban J connectivity index is 1.93. The van der Waals surface area contributed by atoms with Crippen molar-refractivity contribution in [2.45, 2.75) is 0 Å². The van der Waals surface area contributed by atoms with Crippen molar-refractivity contribution in [1.29, 1.82) is 0 Å². The number of carboxylic acids is 1. The molecule has 0 radical (unpaired) electrons. The highest BCUT2D eigenvalue weighted by atomic mass is 16.4. The number of carboxylic acid groups (broad SMARTS) is 1. The van der Waals surface area contributed by atoms with E-state index in [1.165, 1.54) is 0 Å². The van der Waals surface area contributed by atoms with E-state index in [4.69, 9.17) is 5.11 Å². The van der Waals surface area contributed by atoms with Crippen molar-refractivity contribution in [1.82, 2.24) is 15.1 Å². The molecule has 0 saturated carbocycles. The van der Waals surface area contributed by atoms with Crippen molar-refractivity contribution in [2.24, 2.45) is 0 Å². The summed E-state index contributed by atoms with van der Waals surface area (Å²) in [6.45, 7) is 3.97. The van der Waals surface area contributed by atoms with Gasteiger partial charge in [0, 0.05) is 37.4 Å². The first-order chi connectivity index (χ1) is 10.1. The van der Waals surface area contributed by atoms with Gasteiger partial charge in [0.2, 0.25) is 0 Å². The standard InChI is InChI=1S/C15H18N4O2/c1-18-6-8-19(9-7-18)14-5-3-2-4-11(14)12-10-13(15(20)21)17-16-12/h2-5,10H,6-9H2,1H3,(H,16,17)(H,20,21). The number of hydrogen-bond acceptors (Lipinski definition) is 4. The lowest BCUT2D eigenvalue weighted by atomic mass is 10.1. The first-order valence-corrected chi connectivity index (χ1v) is 6.97. The maximum Gasteiger partial charge on any atom is 0.353 e. The van der Waals surface area contributed by atoms with Crippen LogP contribution in [0.4, 0.5) is 5.69 Å². The predicted octanol–water partition coefficient (Wildman–Crippen LogP) is 1.53. The largest absolute Gasteiger partial charge is 0.477 e. The van der Waals surface area contributed by atoms with Gasteiger partial charge in [-0.3, -0.25) is 5.10 Å². The fraction of sp³-hybridized carbons (Fsp3) is 0.333. The first kappa shape index (κ1) is 13.6. The number of H-pyrrole nitrogens is 1. The van der Waals surface area contributed by atoms with Crippen molar-refractivity contribution in [3.63, 3.8) is 0 Å². The topological polar surface area (TPSA) is 72.5 Å². The molecule has 0 atom stereocenters. The van der Waals surface area contributed by atoms with Gasteiger partial charge in [-0.1, -0.05) is 18.2 Å². The van der Waals surface area contributed by atoms with Gasteiger partial charge in [0.1, 0.15) is 5.69 Å². The van der Waals surface area contributed by atoms with Crippen LogP contribution in [0, 0.1) is 0 Å². The highest BCUT2D eigenvalue weighted by molar-refractivity contribution is 5.88. The number of aromatic nitrogens is 2. The minimum absolute atomic E-state index is 0.109. The summed E-state index contributed by atoms with van der Waals surface area (Å²) in [5, 5.41) is 15.7. The van der Waals surface area contributed by atoms with Gasteiger partial charge in [0.25, 0.3) is 0 Å². The molecule has 0 bridgehead atoms. The van der Waals surface area contributed by atoms with Gasteiger partial charge in [0.15, 0.2) is 0 Å². The van der Waals surface area contributed by atoms with Gasteiger partial charge in [0.05, 0.1) is 5.69 Å². The molecule has 3 rings (SSSR count). The van der Waals surface area contributed by atoms with Crippen LogP contribution in [0.2, 0.25) is 0 Å². The van der Waals surface area contributed by atoms with E-state index in [1.807, 2.05) is 18.2 Å². The van der Waals surface area contributed by atoms with Crippen molar-refractivity contribution in [2.75, 3.05) is 38.1 Å². The third-order valence-electron chi connectivity index (χ3n) is 3.83. The van der Waals surface area contributed by atoms with Crippen molar-refractivity contribution < 1.29 is 9.90 Å². The molecule has 1 aliphatic rings. The maximum atomic E-state index is 11.0. The van der Waals surface area contributed by atoms with Gasteiger partial charge in [-0.05, 0) is 19.2 Å². The van der Waals surface area contributed by atoms with Crippen LogP contribution >= 0.6 is 0 Å². The molecule has 0 spiro atoms. The number of nitrogens with one attached hydrogen (secondary N) is 1. The Labute approximate surface area is 123 Å². The summed E-state index contributed by atoms with van der Waals surface area (Å²) in [5.74, 6) is -0.995. The molecule has 1 aromatic carbocycles. The fourth-order valence-electron chi connectivity index (χ4n) is 2.58. The molecule has 2 heterocycles. The number of para-hydroxylation sites is 1. The van der Waals surface area contributed by atoms with Crippen LogP contribution in [-0.4, -0.2) is 59.4 Å². The Morgan fingerprint density at radius 2 is 1.95 bits per heavy atom. The van der Waals surface area contributed by atoms with Gasteiger partial charge in [-0.15, -0.1) is 0 Å². The lowest BCUT2D eigenvalue weighted by Gasteiger charge is -2.35. The SMILES string of the molecule is CN1CCN(c2ccccc2-c2cc(C(=O)O)[nH]n2)CC1. The summed E-state index contributed by atoms with van der Waals surface area (Å²) in [6, 6.07) is 9.58. The summed E-state index contributed by atoms with van der Waals surface area (Å²) < 4.78 is 0. The highest BCUT2D eigenvalue weighted by Crippen LogP contribution is 2.30. The molecule has 2 N–H and O–H groups in total. The van der Waals surface area contributed by atoms with E-state index in [9.17, 15) is 4.79 Å². The van der Waals surface area contributed by atoms with E-state index < -0.39 is 5.97 Å². The average Bonchev–Trinajstić information content (AvgIpc) is 2.98. The molecule has 6 nitrogen and oxygen atoms in total. The quantitative estimate of drug-likeness (QED) is 0.895. The lowest BCUT2D eigenvalue weighted by Crippen LogP contribution is -2.44. The average molecular weight is 286 g/mol. The second-order valence-electron chi connectivity index (χ2n) is 5.28. The summed E-state index contributed by atoms with van der Waals surface area (Å²) in [6.07, 6.45) is 0. The van der Waals surface area contributed by atoms with E-state index >= 15 is 0 Å². The van der Waals surface area contributed by atoms with Gasteiger partial charge in [-0.25, -0.2) is 4.79 Å². The van der Waals surface area contributed by atoms with Gasteiger partial charge < -0.3 is 14.9 Å². The predicted molar refractivity (Wildman–Crippen MR) is 80.7 cm³/mol. The zero-order valence-electron chi connectivity index (χ0n) is 11.9. The Kier molecular flexibility index (Phi) is 3.62. The van der Waals surface area contributed by atoms with Gasteiger partial charge >= 0.3 is 5.97 Å². The van der Waals surface area contributed by atoms with Crippen LogP contribution < -0.4 is 4.90 Å². The van der Waals surface area contributed by atoms with E-state index in [-0.39, 0.29) is 5.69 Å².